The van der Waals surface area contributed by atoms with Crippen LogP contribution in [0.3, 0.4) is 0 Å². The first-order chi connectivity index (χ1) is 9.15. The van der Waals surface area contributed by atoms with E-state index in [1.165, 1.54) is 0 Å². The number of benzene rings is 1. The second kappa shape index (κ2) is 6.05. The highest BCUT2D eigenvalue weighted by Gasteiger charge is 2.24. The first-order valence-electron chi connectivity index (χ1n) is 6.73. The zero-order valence-electron chi connectivity index (χ0n) is 11.2. The quantitative estimate of drug-likeness (QED) is 0.866. The molecule has 1 aliphatic rings. The van der Waals surface area contributed by atoms with Gasteiger partial charge >= 0.3 is 0 Å². The van der Waals surface area contributed by atoms with E-state index in [4.69, 9.17) is 10.4 Å². The van der Waals surface area contributed by atoms with Gasteiger partial charge in [0.2, 0.25) is 0 Å². The minimum absolute atomic E-state index is 0.222. The van der Waals surface area contributed by atoms with Gasteiger partial charge in [-0.2, -0.15) is 5.26 Å². The normalized spacial score (nSPS) is 20.3. The van der Waals surface area contributed by atoms with Gasteiger partial charge in [-0.1, -0.05) is 6.07 Å². The monoisotopic (exact) mass is 260 g/mol. The SMILES string of the molecule is CC(O)c1ccc(C#N)cc1N1CCC(CCO)C1. The molecule has 1 heterocycles. The molecule has 102 valence electrons. The third-order valence-electron chi connectivity index (χ3n) is 3.77. The van der Waals surface area contributed by atoms with Crippen molar-refractivity contribution in [2.24, 2.45) is 5.92 Å². The van der Waals surface area contributed by atoms with Crippen molar-refractivity contribution < 1.29 is 10.2 Å². The Morgan fingerprint density at radius 1 is 1.53 bits per heavy atom. The number of aliphatic hydroxyl groups excluding tert-OH is 2. The second-order valence-corrected chi connectivity index (χ2v) is 5.17. The Balaban J connectivity index is 2.25. The summed E-state index contributed by atoms with van der Waals surface area (Å²) in [7, 11) is 0. The highest BCUT2D eigenvalue weighted by molar-refractivity contribution is 5.59. The van der Waals surface area contributed by atoms with Crippen LogP contribution in [0, 0.1) is 17.2 Å². The highest BCUT2D eigenvalue weighted by atomic mass is 16.3. The molecule has 4 nitrogen and oxygen atoms in total. The lowest BCUT2D eigenvalue weighted by molar-refractivity contribution is 0.199. The van der Waals surface area contributed by atoms with Crippen molar-refractivity contribution in [2.75, 3.05) is 24.6 Å². The second-order valence-electron chi connectivity index (χ2n) is 5.17. The van der Waals surface area contributed by atoms with Crippen molar-refractivity contribution in [1.82, 2.24) is 0 Å². The van der Waals surface area contributed by atoms with Crippen molar-refractivity contribution in [3.05, 3.63) is 29.3 Å². The van der Waals surface area contributed by atoms with Crippen LogP contribution in [0.2, 0.25) is 0 Å². The van der Waals surface area contributed by atoms with E-state index >= 15 is 0 Å². The predicted molar refractivity (Wildman–Crippen MR) is 73.8 cm³/mol. The molecule has 1 fully saturated rings. The number of anilines is 1. The molecule has 0 aromatic heterocycles. The zero-order chi connectivity index (χ0) is 13.8. The van der Waals surface area contributed by atoms with E-state index in [9.17, 15) is 5.11 Å². The van der Waals surface area contributed by atoms with Crippen LogP contribution in [0.1, 0.15) is 37.0 Å². The lowest BCUT2D eigenvalue weighted by atomic mass is 10.0. The molecule has 1 aromatic rings. The minimum Gasteiger partial charge on any atom is -0.396 e. The van der Waals surface area contributed by atoms with Crippen molar-refractivity contribution >= 4 is 5.69 Å². The summed E-state index contributed by atoms with van der Waals surface area (Å²) in [5.41, 5.74) is 2.43. The molecule has 0 amide bonds. The summed E-state index contributed by atoms with van der Waals surface area (Å²) in [6.07, 6.45) is 1.33. The molecule has 0 bridgehead atoms. The van der Waals surface area contributed by atoms with Gasteiger partial charge in [0.25, 0.3) is 0 Å². The summed E-state index contributed by atoms with van der Waals surface area (Å²) in [6, 6.07) is 7.57. The molecule has 0 aliphatic carbocycles. The zero-order valence-corrected chi connectivity index (χ0v) is 11.2. The molecular formula is C15H20N2O2. The van der Waals surface area contributed by atoms with Crippen molar-refractivity contribution in [3.63, 3.8) is 0 Å². The molecule has 1 aliphatic heterocycles. The molecular weight excluding hydrogens is 240 g/mol. The fourth-order valence-corrected chi connectivity index (χ4v) is 2.71. The summed E-state index contributed by atoms with van der Waals surface area (Å²) < 4.78 is 0. The molecule has 2 atom stereocenters. The number of hydrogen-bond donors (Lipinski definition) is 2. The van der Waals surface area contributed by atoms with Crippen molar-refractivity contribution in [2.45, 2.75) is 25.9 Å². The summed E-state index contributed by atoms with van der Waals surface area (Å²) in [5, 5.41) is 27.9. The number of aliphatic hydroxyl groups is 2. The average Bonchev–Trinajstić information content (AvgIpc) is 2.87. The highest BCUT2D eigenvalue weighted by Crippen LogP contribution is 2.32. The maximum absolute atomic E-state index is 9.85. The van der Waals surface area contributed by atoms with Gasteiger partial charge in [-0.05, 0) is 37.8 Å². The largest absolute Gasteiger partial charge is 0.396 e. The molecule has 2 N–H and O–H groups in total. The smallest absolute Gasteiger partial charge is 0.0992 e. The van der Waals surface area contributed by atoms with Crippen LogP contribution in [0.5, 0.6) is 0 Å². The molecule has 0 radical (unpaired) electrons. The molecule has 2 unspecified atom stereocenters. The van der Waals surface area contributed by atoms with Crippen LogP contribution in [-0.4, -0.2) is 29.9 Å². The number of nitrogens with zero attached hydrogens (tertiary/aromatic N) is 2. The fraction of sp³-hybridized carbons (Fsp3) is 0.533. The van der Waals surface area contributed by atoms with Gasteiger partial charge in [0.1, 0.15) is 0 Å². The van der Waals surface area contributed by atoms with Gasteiger partial charge in [0, 0.05) is 30.9 Å². The summed E-state index contributed by atoms with van der Waals surface area (Å²) in [5.74, 6) is 0.498. The van der Waals surface area contributed by atoms with Gasteiger partial charge in [-0.3, -0.25) is 0 Å². The predicted octanol–water partition coefficient (Wildman–Crippen LogP) is 1.82. The number of rotatable bonds is 4. The van der Waals surface area contributed by atoms with Crippen LogP contribution in [0.25, 0.3) is 0 Å². The average molecular weight is 260 g/mol. The molecule has 2 rings (SSSR count). The molecule has 1 saturated heterocycles. The van der Waals surface area contributed by atoms with E-state index in [1.807, 2.05) is 12.1 Å². The molecule has 0 saturated carbocycles. The third kappa shape index (κ3) is 3.06. The van der Waals surface area contributed by atoms with Crippen LogP contribution in [-0.2, 0) is 0 Å². The Morgan fingerprint density at radius 2 is 2.32 bits per heavy atom. The van der Waals surface area contributed by atoms with Gasteiger partial charge in [-0.15, -0.1) is 0 Å². The molecule has 0 spiro atoms. The van der Waals surface area contributed by atoms with E-state index in [0.717, 1.165) is 37.2 Å². The Morgan fingerprint density at radius 3 is 2.95 bits per heavy atom. The molecule has 19 heavy (non-hydrogen) atoms. The van der Waals surface area contributed by atoms with Crippen molar-refractivity contribution in [1.29, 1.82) is 5.26 Å². The van der Waals surface area contributed by atoms with Crippen LogP contribution in [0.4, 0.5) is 5.69 Å². The van der Waals surface area contributed by atoms with Crippen LogP contribution >= 0.6 is 0 Å². The first-order valence-corrected chi connectivity index (χ1v) is 6.73. The standard InChI is InChI=1S/C15H20N2O2/c1-11(19)14-3-2-13(9-16)8-15(14)17-6-4-12(10-17)5-7-18/h2-3,8,11-12,18-19H,4-7,10H2,1H3. The molecule has 1 aromatic carbocycles. The van der Waals surface area contributed by atoms with Crippen LogP contribution < -0.4 is 4.90 Å². The van der Waals surface area contributed by atoms with E-state index in [2.05, 4.69) is 11.0 Å². The minimum atomic E-state index is -0.542. The Labute approximate surface area is 113 Å². The van der Waals surface area contributed by atoms with Gasteiger partial charge in [0.05, 0.1) is 17.7 Å². The lowest BCUT2D eigenvalue weighted by Gasteiger charge is -2.23. The number of nitriles is 1. The van der Waals surface area contributed by atoms with Crippen LogP contribution in [0.15, 0.2) is 18.2 Å². The van der Waals surface area contributed by atoms with Gasteiger partial charge < -0.3 is 15.1 Å². The van der Waals surface area contributed by atoms with E-state index < -0.39 is 6.10 Å². The van der Waals surface area contributed by atoms with E-state index in [1.54, 1.807) is 13.0 Å². The van der Waals surface area contributed by atoms with Gasteiger partial charge in [0.15, 0.2) is 0 Å². The topological polar surface area (TPSA) is 67.5 Å². The summed E-state index contributed by atoms with van der Waals surface area (Å²) in [6.45, 7) is 3.76. The van der Waals surface area contributed by atoms with Crippen molar-refractivity contribution in [3.8, 4) is 6.07 Å². The van der Waals surface area contributed by atoms with Gasteiger partial charge in [-0.25, -0.2) is 0 Å². The summed E-state index contributed by atoms with van der Waals surface area (Å²) >= 11 is 0. The maximum Gasteiger partial charge on any atom is 0.0992 e. The molecule has 4 heteroatoms. The Bertz CT molecular complexity index is 480. The summed E-state index contributed by atoms with van der Waals surface area (Å²) in [4.78, 5) is 2.21. The van der Waals surface area contributed by atoms with E-state index in [0.29, 0.717) is 11.5 Å². The van der Waals surface area contributed by atoms with E-state index in [-0.39, 0.29) is 6.61 Å². The lowest BCUT2D eigenvalue weighted by Crippen LogP contribution is -2.22. The maximum atomic E-state index is 9.85. The Hall–Kier alpha value is -1.57. The number of hydrogen-bond acceptors (Lipinski definition) is 4. The third-order valence-corrected chi connectivity index (χ3v) is 3.77. The first kappa shape index (κ1) is 13.9. The fourth-order valence-electron chi connectivity index (χ4n) is 2.71. The Kier molecular flexibility index (Phi) is 4.41.